The van der Waals surface area contributed by atoms with Crippen LogP contribution in [0.5, 0.6) is 11.5 Å². The fraction of sp³-hybridized carbons (Fsp3) is 0.400. The van der Waals surface area contributed by atoms with Gasteiger partial charge >= 0.3 is 0 Å². The highest BCUT2D eigenvalue weighted by Gasteiger charge is 2.19. The Morgan fingerprint density at radius 1 is 0.696 bits per heavy atom. The molecule has 0 atom stereocenters. The van der Waals surface area contributed by atoms with Gasteiger partial charge in [0.15, 0.2) is 0 Å². The third kappa shape index (κ3) is 5.70. The number of benzene rings is 2. The first kappa shape index (κ1) is 17.5. The monoisotopic (exact) mass is 314 g/mol. The second-order valence-corrected chi connectivity index (χ2v) is 7.30. The molecule has 124 valence electrons. The molecule has 23 heavy (non-hydrogen) atoms. The van der Waals surface area contributed by atoms with Crippen molar-refractivity contribution < 1.29 is 14.9 Å². The van der Waals surface area contributed by atoms with Gasteiger partial charge in [-0.1, -0.05) is 36.4 Å². The predicted octanol–water partition coefficient (Wildman–Crippen LogP) is 4.11. The van der Waals surface area contributed by atoms with Crippen molar-refractivity contribution in [1.29, 1.82) is 0 Å². The number of para-hydroxylation sites is 2. The lowest BCUT2D eigenvalue weighted by atomic mass is 9.97. The Morgan fingerprint density at radius 2 is 1.04 bits per heavy atom. The molecule has 0 saturated carbocycles. The van der Waals surface area contributed by atoms with Crippen molar-refractivity contribution in [3.05, 3.63) is 59.7 Å². The first-order valence-electron chi connectivity index (χ1n) is 7.92. The molecule has 2 aromatic carbocycles. The van der Waals surface area contributed by atoms with Crippen LogP contribution in [-0.4, -0.2) is 21.4 Å². The van der Waals surface area contributed by atoms with Crippen LogP contribution in [-0.2, 0) is 12.8 Å². The van der Waals surface area contributed by atoms with Crippen molar-refractivity contribution in [2.24, 2.45) is 0 Å². The summed E-state index contributed by atoms with van der Waals surface area (Å²) in [5.41, 5.74) is 0.314. The molecule has 0 heterocycles. The molecule has 0 radical (unpaired) electrons. The highest BCUT2D eigenvalue weighted by Crippen LogP contribution is 2.31. The Kier molecular flexibility index (Phi) is 5.12. The van der Waals surface area contributed by atoms with Crippen molar-refractivity contribution >= 4 is 0 Å². The molecule has 0 aliphatic heterocycles. The van der Waals surface area contributed by atoms with E-state index >= 15 is 0 Å². The summed E-state index contributed by atoms with van der Waals surface area (Å²) in [4.78, 5) is 0. The van der Waals surface area contributed by atoms with Crippen LogP contribution in [0.25, 0.3) is 0 Å². The number of ether oxygens (including phenoxy) is 1. The second-order valence-electron chi connectivity index (χ2n) is 7.30. The molecule has 2 aromatic rings. The van der Waals surface area contributed by atoms with Gasteiger partial charge in [-0.15, -0.1) is 0 Å². The molecule has 0 amide bonds. The highest BCUT2D eigenvalue weighted by atomic mass is 16.5. The molecule has 0 spiro atoms. The van der Waals surface area contributed by atoms with Crippen LogP contribution in [0.1, 0.15) is 38.8 Å². The summed E-state index contributed by atoms with van der Waals surface area (Å²) in [6, 6.07) is 15.5. The second kappa shape index (κ2) is 6.73. The molecule has 0 aliphatic carbocycles. The van der Waals surface area contributed by atoms with Gasteiger partial charge < -0.3 is 14.9 Å². The van der Waals surface area contributed by atoms with Crippen molar-refractivity contribution in [2.45, 2.75) is 51.7 Å². The molecule has 0 fully saturated rings. The average Bonchev–Trinajstić information content (AvgIpc) is 2.40. The number of hydrogen-bond acceptors (Lipinski definition) is 3. The number of aliphatic hydroxyl groups is 2. The van der Waals surface area contributed by atoms with E-state index in [1.807, 2.05) is 48.5 Å². The predicted molar refractivity (Wildman–Crippen MR) is 93.0 cm³/mol. The quantitative estimate of drug-likeness (QED) is 0.844. The van der Waals surface area contributed by atoms with Gasteiger partial charge in [-0.3, -0.25) is 0 Å². The number of rotatable bonds is 6. The lowest BCUT2D eigenvalue weighted by Gasteiger charge is -2.22. The van der Waals surface area contributed by atoms with Gasteiger partial charge in [-0.2, -0.15) is 0 Å². The van der Waals surface area contributed by atoms with E-state index in [9.17, 15) is 10.2 Å². The van der Waals surface area contributed by atoms with Crippen LogP contribution < -0.4 is 4.74 Å². The van der Waals surface area contributed by atoms with E-state index in [1.54, 1.807) is 27.7 Å². The minimum absolute atomic E-state index is 0.511. The normalized spacial score (nSPS) is 12.3. The van der Waals surface area contributed by atoms with Crippen LogP contribution in [0.3, 0.4) is 0 Å². The van der Waals surface area contributed by atoms with Crippen molar-refractivity contribution in [3.63, 3.8) is 0 Å². The van der Waals surface area contributed by atoms with E-state index < -0.39 is 11.2 Å². The third-order valence-electron chi connectivity index (χ3n) is 3.41. The van der Waals surface area contributed by atoms with Crippen LogP contribution in [0.15, 0.2) is 48.5 Å². The molecule has 0 aliphatic rings. The average molecular weight is 314 g/mol. The van der Waals surface area contributed by atoms with E-state index in [2.05, 4.69) is 0 Å². The van der Waals surface area contributed by atoms with Gasteiger partial charge in [0.25, 0.3) is 0 Å². The van der Waals surface area contributed by atoms with Crippen molar-refractivity contribution in [1.82, 2.24) is 0 Å². The highest BCUT2D eigenvalue weighted by molar-refractivity contribution is 5.42. The van der Waals surface area contributed by atoms with Crippen LogP contribution in [0.2, 0.25) is 0 Å². The topological polar surface area (TPSA) is 49.7 Å². The molecule has 0 bridgehead atoms. The Hall–Kier alpha value is -1.84. The maximum absolute atomic E-state index is 10.1. The zero-order valence-electron chi connectivity index (χ0n) is 14.3. The molecular weight excluding hydrogens is 288 g/mol. The SMILES string of the molecule is CC(C)(O)Cc1ccccc1Oc1ccccc1CC(C)(C)O. The summed E-state index contributed by atoms with van der Waals surface area (Å²) < 4.78 is 6.11. The van der Waals surface area contributed by atoms with Gasteiger partial charge in [0.2, 0.25) is 0 Å². The van der Waals surface area contributed by atoms with E-state index in [1.165, 1.54) is 0 Å². The van der Waals surface area contributed by atoms with Crippen molar-refractivity contribution in [3.8, 4) is 11.5 Å². The van der Waals surface area contributed by atoms with Crippen LogP contribution in [0, 0.1) is 0 Å². The zero-order valence-corrected chi connectivity index (χ0v) is 14.3. The first-order chi connectivity index (χ1) is 10.6. The van der Waals surface area contributed by atoms with Gasteiger partial charge in [-0.05, 0) is 51.0 Å². The summed E-state index contributed by atoms with van der Waals surface area (Å²) in [6.07, 6.45) is 1.02. The molecule has 2 N–H and O–H groups in total. The summed E-state index contributed by atoms with van der Waals surface area (Å²) >= 11 is 0. The summed E-state index contributed by atoms with van der Waals surface area (Å²) in [6.45, 7) is 7.13. The summed E-state index contributed by atoms with van der Waals surface area (Å²) in [5, 5.41) is 20.2. The maximum atomic E-state index is 10.1. The maximum Gasteiger partial charge on any atom is 0.130 e. The lowest BCUT2D eigenvalue weighted by Crippen LogP contribution is -2.22. The smallest absolute Gasteiger partial charge is 0.130 e. The molecule has 0 aromatic heterocycles. The molecule has 3 nitrogen and oxygen atoms in total. The van der Waals surface area contributed by atoms with E-state index in [0.717, 1.165) is 22.6 Å². The summed E-state index contributed by atoms with van der Waals surface area (Å²) in [7, 11) is 0. The third-order valence-corrected chi connectivity index (χ3v) is 3.41. The standard InChI is InChI=1S/C20H26O3/c1-19(2,21)13-15-9-5-7-11-17(15)23-18-12-8-6-10-16(18)14-20(3,4)22/h5-12,21-22H,13-14H2,1-4H3. The minimum Gasteiger partial charge on any atom is -0.457 e. The first-order valence-corrected chi connectivity index (χ1v) is 7.92. The Morgan fingerprint density at radius 3 is 1.39 bits per heavy atom. The Bertz CT molecular complexity index is 591. The van der Waals surface area contributed by atoms with Crippen LogP contribution >= 0.6 is 0 Å². The van der Waals surface area contributed by atoms with E-state index in [-0.39, 0.29) is 0 Å². The largest absolute Gasteiger partial charge is 0.457 e. The molecule has 3 heteroatoms. The zero-order chi connectivity index (χ0) is 17.1. The fourth-order valence-electron chi connectivity index (χ4n) is 2.55. The Labute approximate surface area is 138 Å². The number of hydrogen-bond donors (Lipinski definition) is 2. The fourth-order valence-corrected chi connectivity index (χ4v) is 2.55. The molecular formula is C20H26O3. The molecule has 2 rings (SSSR count). The Balaban J connectivity index is 2.30. The lowest BCUT2D eigenvalue weighted by molar-refractivity contribution is 0.0803. The van der Waals surface area contributed by atoms with E-state index in [4.69, 9.17) is 4.74 Å². The van der Waals surface area contributed by atoms with E-state index in [0.29, 0.717) is 12.8 Å². The molecule has 0 unspecified atom stereocenters. The van der Waals surface area contributed by atoms with Gasteiger partial charge in [0.05, 0.1) is 11.2 Å². The molecule has 0 saturated heterocycles. The summed E-state index contributed by atoms with van der Waals surface area (Å²) in [5.74, 6) is 1.47. The van der Waals surface area contributed by atoms with Gasteiger partial charge in [0, 0.05) is 12.8 Å². The van der Waals surface area contributed by atoms with Crippen molar-refractivity contribution in [2.75, 3.05) is 0 Å². The van der Waals surface area contributed by atoms with Gasteiger partial charge in [0.1, 0.15) is 11.5 Å². The van der Waals surface area contributed by atoms with Crippen LogP contribution in [0.4, 0.5) is 0 Å². The van der Waals surface area contributed by atoms with Gasteiger partial charge in [-0.25, -0.2) is 0 Å². The minimum atomic E-state index is -0.800.